The van der Waals surface area contributed by atoms with Crippen LogP contribution in [0.3, 0.4) is 0 Å². The zero-order valence-corrected chi connectivity index (χ0v) is 10.6. The van der Waals surface area contributed by atoms with E-state index < -0.39 is 0 Å². The number of carbonyl (C=O) groups is 1. The molecule has 17 heavy (non-hydrogen) atoms. The Labute approximate surface area is 105 Å². The average Bonchev–Trinajstić information content (AvgIpc) is 2.77. The summed E-state index contributed by atoms with van der Waals surface area (Å²) in [6.07, 6.45) is 8.20. The van der Waals surface area contributed by atoms with E-state index in [1.54, 1.807) is 5.38 Å². The van der Waals surface area contributed by atoms with Crippen molar-refractivity contribution in [2.45, 2.75) is 32.1 Å². The normalized spacial score (nSPS) is 15.4. The lowest BCUT2D eigenvalue weighted by Gasteiger charge is -2.12. The first-order valence-corrected chi connectivity index (χ1v) is 6.81. The molecule has 0 saturated carbocycles. The third kappa shape index (κ3) is 3.56. The molecule has 1 aromatic rings. The predicted molar refractivity (Wildman–Crippen MR) is 70.0 cm³/mol. The van der Waals surface area contributed by atoms with E-state index in [1.807, 2.05) is 0 Å². The summed E-state index contributed by atoms with van der Waals surface area (Å²) in [5.74, 6) is -0.130. The lowest BCUT2D eigenvalue weighted by molar-refractivity contribution is 0.0950. The Hall–Kier alpha value is -1.36. The average molecular weight is 251 g/mol. The molecule has 1 amide bonds. The van der Waals surface area contributed by atoms with Crippen LogP contribution in [0.2, 0.25) is 0 Å². The van der Waals surface area contributed by atoms with Crippen molar-refractivity contribution in [3.63, 3.8) is 0 Å². The van der Waals surface area contributed by atoms with Gasteiger partial charge in [0.25, 0.3) is 5.91 Å². The van der Waals surface area contributed by atoms with Crippen molar-refractivity contribution < 1.29 is 4.79 Å². The molecule has 0 aromatic carbocycles. The Morgan fingerprint density at radius 3 is 3.06 bits per heavy atom. The van der Waals surface area contributed by atoms with Gasteiger partial charge in [0.1, 0.15) is 5.69 Å². The number of aromatic nitrogens is 1. The van der Waals surface area contributed by atoms with Crippen molar-refractivity contribution in [3.8, 4) is 0 Å². The molecule has 0 unspecified atom stereocenters. The number of nitrogens with one attached hydrogen (secondary N) is 1. The second-order valence-electron chi connectivity index (χ2n) is 4.19. The van der Waals surface area contributed by atoms with Crippen LogP contribution < -0.4 is 11.1 Å². The standard InChI is InChI=1S/C12H17N3OS/c13-12-15-10(8-17-12)11(16)14-7-6-9-4-2-1-3-5-9/h4,8H,1-3,5-7H2,(H2,13,15)(H,14,16). The lowest BCUT2D eigenvalue weighted by atomic mass is 9.97. The molecule has 0 saturated heterocycles. The van der Waals surface area contributed by atoms with Crippen LogP contribution in [0.1, 0.15) is 42.6 Å². The van der Waals surface area contributed by atoms with Crippen LogP contribution in [0.25, 0.3) is 0 Å². The minimum atomic E-state index is -0.130. The number of thiazole rings is 1. The van der Waals surface area contributed by atoms with E-state index in [-0.39, 0.29) is 5.91 Å². The molecule has 0 fully saturated rings. The monoisotopic (exact) mass is 251 g/mol. The Kier molecular flexibility index (Phi) is 4.14. The van der Waals surface area contributed by atoms with Crippen molar-refractivity contribution in [3.05, 3.63) is 22.7 Å². The van der Waals surface area contributed by atoms with E-state index in [9.17, 15) is 4.79 Å². The first-order valence-electron chi connectivity index (χ1n) is 5.93. The van der Waals surface area contributed by atoms with Crippen LogP contribution in [0.4, 0.5) is 5.13 Å². The Morgan fingerprint density at radius 2 is 2.41 bits per heavy atom. The summed E-state index contributed by atoms with van der Waals surface area (Å²) < 4.78 is 0. The van der Waals surface area contributed by atoms with Crippen LogP contribution in [-0.2, 0) is 0 Å². The Morgan fingerprint density at radius 1 is 1.53 bits per heavy atom. The first kappa shape index (κ1) is 12.1. The van der Waals surface area contributed by atoms with Crippen LogP contribution in [0.15, 0.2) is 17.0 Å². The van der Waals surface area contributed by atoms with Crippen molar-refractivity contribution in [1.82, 2.24) is 10.3 Å². The van der Waals surface area contributed by atoms with Gasteiger partial charge < -0.3 is 11.1 Å². The second kappa shape index (κ2) is 5.82. The van der Waals surface area contributed by atoms with E-state index in [4.69, 9.17) is 5.73 Å². The third-order valence-corrected chi connectivity index (χ3v) is 3.55. The summed E-state index contributed by atoms with van der Waals surface area (Å²) in [5.41, 5.74) is 7.37. The molecular formula is C12H17N3OS. The maximum Gasteiger partial charge on any atom is 0.270 e. The highest BCUT2D eigenvalue weighted by Crippen LogP contribution is 2.19. The number of amides is 1. The second-order valence-corrected chi connectivity index (χ2v) is 5.07. The van der Waals surface area contributed by atoms with E-state index in [2.05, 4.69) is 16.4 Å². The fraction of sp³-hybridized carbons (Fsp3) is 0.500. The quantitative estimate of drug-likeness (QED) is 0.807. The summed E-state index contributed by atoms with van der Waals surface area (Å²) in [7, 11) is 0. The van der Waals surface area contributed by atoms with E-state index >= 15 is 0 Å². The summed E-state index contributed by atoms with van der Waals surface area (Å²) in [6, 6.07) is 0. The molecule has 2 rings (SSSR count). The molecule has 1 aromatic heterocycles. The summed E-state index contributed by atoms with van der Waals surface area (Å²) >= 11 is 1.29. The molecule has 1 heterocycles. The van der Waals surface area contributed by atoms with Gasteiger partial charge in [-0.3, -0.25) is 4.79 Å². The van der Waals surface area contributed by atoms with Gasteiger partial charge in [-0.2, -0.15) is 0 Å². The molecule has 1 aliphatic rings. The first-order chi connectivity index (χ1) is 8.25. The molecular weight excluding hydrogens is 234 g/mol. The molecule has 1 aliphatic carbocycles. The maximum atomic E-state index is 11.7. The maximum absolute atomic E-state index is 11.7. The number of hydrogen-bond donors (Lipinski definition) is 2. The molecule has 3 N–H and O–H groups in total. The van der Waals surface area contributed by atoms with Gasteiger partial charge in [0, 0.05) is 11.9 Å². The zero-order valence-electron chi connectivity index (χ0n) is 9.74. The molecule has 92 valence electrons. The van der Waals surface area contributed by atoms with E-state index in [0.29, 0.717) is 17.4 Å². The minimum Gasteiger partial charge on any atom is -0.375 e. The van der Waals surface area contributed by atoms with Crippen LogP contribution in [-0.4, -0.2) is 17.4 Å². The van der Waals surface area contributed by atoms with Gasteiger partial charge in [0.05, 0.1) is 0 Å². The molecule has 5 heteroatoms. The highest BCUT2D eigenvalue weighted by molar-refractivity contribution is 7.13. The van der Waals surface area contributed by atoms with E-state index in [1.165, 1.54) is 42.6 Å². The topological polar surface area (TPSA) is 68.0 Å². The number of hydrogen-bond acceptors (Lipinski definition) is 4. The highest BCUT2D eigenvalue weighted by Gasteiger charge is 2.09. The van der Waals surface area contributed by atoms with Crippen LogP contribution in [0, 0.1) is 0 Å². The van der Waals surface area contributed by atoms with Gasteiger partial charge in [0.2, 0.25) is 0 Å². The van der Waals surface area contributed by atoms with Gasteiger partial charge >= 0.3 is 0 Å². The van der Waals surface area contributed by atoms with Crippen molar-refractivity contribution in [2.75, 3.05) is 12.3 Å². The SMILES string of the molecule is Nc1nc(C(=O)NCCC2=CCCCC2)cs1. The largest absolute Gasteiger partial charge is 0.375 e. The van der Waals surface area contributed by atoms with Gasteiger partial charge in [0.15, 0.2) is 5.13 Å². The number of rotatable bonds is 4. The van der Waals surface area contributed by atoms with Crippen LogP contribution >= 0.6 is 11.3 Å². The number of carbonyl (C=O) groups excluding carboxylic acids is 1. The lowest BCUT2D eigenvalue weighted by Crippen LogP contribution is -2.25. The fourth-order valence-corrected chi connectivity index (χ4v) is 2.49. The smallest absolute Gasteiger partial charge is 0.270 e. The number of nitrogens with two attached hydrogens (primary N) is 1. The predicted octanol–water partition coefficient (Wildman–Crippen LogP) is 2.35. The summed E-state index contributed by atoms with van der Waals surface area (Å²) in [6.45, 7) is 0.683. The zero-order chi connectivity index (χ0) is 12.1. The molecule has 4 nitrogen and oxygen atoms in total. The number of nitrogens with zero attached hydrogens (tertiary/aromatic N) is 1. The molecule has 0 aliphatic heterocycles. The van der Waals surface area contributed by atoms with Gasteiger partial charge in [-0.1, -0.05) is 11.6 Å². The van der Waals surface area contributed by atoms with Gasteiger partial charge in [-0.05, 0) is 32.1 Å². The minimum absolute atomic E-state index is 0.130. The molecule has 0 bridgehead atoms. The molecule has 0 radical (unpaired) electrons. The number of allylic oxidation sites excluding steroid dienone is 1. The number of nitrogen functional groups attached to an aromatic ring is 1. The summed E-state index contributed by atoms with van der Waals surface area (Å²) in [4.78, 5) is 15.6. The van der Waals surface area contributed by atoms with Crippen molar-refractivity contribution in [2.24, 2.45) is 0 Å². The van der Waals surface area contributed by atoms with Crippen LogP contribution in [0.5, 0.6) is 0 Å². The van der Waals surface area contributed by atoms with E-state index in [0.717, 1.165) is 6.42 Å². The Balaban J connectivity index is 1.75. The highest BCUT2D eigenvalue weighted by atomic mass is 32.1. The Bertz CT molecular complexity index is 425. The van der Waals surface area contributed by atoms with Crippen molar-refractivity contribution in [1.29, 1.82) is 0 Å². The van der Waals surface area contributed by atoms with Gasteiger partial charge in [-0.15, -0.1) is 11.3 Å². The van der Waals surface area contributed by atoms with Gasteiger partial charge in [-0.25, -0.2) is 4.98 Å². The molecule has 0 atom stereocenters. The summed E-state index contributed by atoms with van der Waals surface area (Å²) in [5, 5.41) is 4.99. The fourth-order valence-electron chi connectivity index (χ4n) is 1.95. The number of anilines is 1. The third-order valence-electron chi connectivity index (χ3n) is 2.87. The van der Waals surface area contributed by atoms with Crippen molar-refractivity contribution >= 4 is 22.4 Å². The molecule has 0 spiro atoms.